The van der Waals surface area contributed by atoms with Crippen molar-refractivity contribution in [2.45, 2.75) is 25.7 Å². The average molecular weight is 342 g/mol. The zero-order chi connectivity index (χ0) is 17.8. The average Bonchev–Trinajstić information content (AvgIpc) is 2.89. The summed E-state index contributed by atoms with van der Waals surface area (Å²) >= 11 is 0. The molecular weight excluding hydrogens is 316 g/mol. The zero-order valence-corrected chi connectivity index (χ0v) is 15.2. The molecule has 7 nitrogen and oxygen atoms in total. The Balaban J connectivity index is 1.58. The lowest BCUT2D eigenvalue weighted by atomic mass is 9.95. The standard InChI is InChI=1S/C18H26N6O/c1-22(2)16-13-20-15(12-21-16)11-14-5-4-8-24(9-6-14)18(25)17-19-7-10-23(17)3/h7,10,12-14H,4-6,8-9,11H2,1-3H3/t14-/m0/s1. The predicted octanol–water partition coefficient (Wildman–Crippen LogP) is 1.76. The van der Waals surface area contributed by atoms with E-state index in [1.165, 1.54) is 0 Å². The summed E-state index contributed by atoms with van der Waals surface area (Å²) in [6.07, 6.45) is 11.2. The molecule has 3 rings (SSSR count). The van der Waals surface area contributed by atoms with Gasteiger partial charge in [0.1, 0.15) is 5.82 Å². The maximum atomic E-state index is 12.6. The molecule has 0 saturated carbocycles. The second-order valence-electron chi connectivity index (χ2n) is 6.92. The molecule has 1 atom stereocenters. The first-order chi connectivity index (χ1) is 12.0. The number of carbonyl (C=O) groups is 1. The number of rotatable bonds is 4. The van der Waals surface area contributed by atoms with Crippen LogP contribution in [-0.4, -0.2) is 57.5 Å². The Hall–Kier alpha value is -2.44. The molecule has 1 saturated heterocycles. The highest BCUT2D eigenvalue weighted by atomic mass is 16.2. The van der Waals surface area contributed by atoms with Crippen LogP contribution in [0.3, 0.4) is 0 Å². The number of hydrogen-bond donors (Lipinski definition) is 0. The van der Waals surface area contributed by atoms with E-state index in [1.807, 2.05) is 49.5 Å². The van der Waals surface area contributed by atoms with E-state index < -0.39 is 0 Å². The summed E-state index contributed by atoms with van der Waals surface area (Å²) in [5.41, 5.74) is 1.03. The quantitative estimate of drug-likeness (QED) is 0.847. The number of likely N-dealkylation sites (tertiary alicyclic amines) is 1. The molecule has 2 aromatic rings. The number of imidazole rings is 1. The van der Waals surface area contributed by atoms with Crippen LogP contribution in [0.15, 0.2) is 24.8 Å². The number of aryl methyl sites for hydroxylation is 1. The van der Waals surface area contributed by atoms with Crippen molar-refractivity contribution in [2.24, 2.45) is 13.0 Å². The summed E-state index contributed by atoms with van der Waals surface area (Å²) in [7, 11) is 5.78. The van der Waals surface area contributed by atoms with E-state index in [2.05, 4.69) is 15.0 Å². The van der Waals surface area contributed by atoms with E-state index in [0.29, 0.717) is 11.7 Å². The minimum atomic E-state index is 0.0308. The lowest BCUT2D eigenvalue weighted by Gasteiger charge is -2.20. The second-order valence-corrected chi connectivity index (χ2v) is 6.92. The Bertz CT molecular complexity index is 709. The molecule has 0 N–H and O–H groups in total. The smallest absolute Gasteiger partial charge is 0.289 e. The molecule has 1 fully saturated rings. The van der Waals surface area contributed by atoms with Gasteiger partial charge in [-0.3, -0.25) is 9.78 Å². The van der Waals surface area contributed by atoms with Crippen LogP contribution in [0.1, 0.15) is 35.6 Å². The predicted molar refractivity (Wildman–Crippen MR) is 96.5 cm³/mol. The van der Waals surface area contributed by atoms with E-state index in [4.69, 9.17) is 0 Å². The first-order valence-corrected chi connectivity index (χ1v) is 8.79. The van der Waals surface area contributed by atoms with Gasteiger partial charge < -0.3 is 14.4 Å². The Morgan fingerprint density at radius 1 is 1.20 bits per heavy atom. The Kier molecular flexibility index (Phi) is 5.31. The zero-order valence-electron chi connectivity index (χ0n) is 15.2. The van der Waals surface area contributed by atoms with Crippen LogP contribution in [0, 0.1) is 5.92 Å². The van der Waals surface area contributed by atoms with Crippen LogP contribution < -0.4 is 4.90 Å². The lowest BCUT2D eigenvalue weighted by Crippen LogP contribution is -2.33. The van der Waals surface area contributed by atoms with Crippen LogP contribution in [0.2, 0.25) is 0 Å². The third kappa shape index (κ3) is 4.15. The molecule has 0 unspecified atom stereocenters. The summed E-state index contributed by atoms with van der Waals surface area (Å²) in [6.45, 7) is 1.58. The first-order valence-electron chi connectivity index (χ1n) is 8.79. The number of amides is 1. The van der Waals surface area contributed by atoms with Crippen molar-refractivity contribution in [2.75, 3.05) is 32.1 Å². The molecule has 0 bridgehead atoms. The fraction of sp³-hybridized carbons (Fsp3) is 0.556. The maximum absolute atomic E-state index is 12.6. The largest absolute Gasteiger partial charge is 0.361 e. The van der Waals surface area contributed by atoms with E-state index >= 15 is 0 Å². The van der Waals surface area contributed by atoms with Gasteiger partial charge >= 0.3 is 0 Å². The Labute approximate surface area is 148 Å². The fourth-order valence-electron chi connectivity index (χ4n) is 3.27. The van der Waals surface area contributed by atoms with E-state index in [9.17, 15) is 4.79 Å². The minimum absolute atomic E-state index is 0.0308. The van der Waals surface area contributed by atoms with Crippen molar-refractivity contribution < 1.29 is 4.79 Å². The van der Waals surface area contributed by atoms with Crippen molar-refractivity contribution in [3.05, 3.63) is 36.3 Å². The van der Waals surface area contributed by atoms with Crippen LogP contribution in [0.4, 0.5) is 5.82 Å². The maximum Gasteiger partial charge on any atom is 0.289 e. The van der Waals surface area contributed by atoms with Crippen molar-refractivity contribution in [1.29, 1.82) is 0 Å². The van der Waals surface area contributed by atoms with Gasteiger partial charge in [-0.15, -0.1) is 0 Å². The first kappa shape index (κ1) is 17.4. The van der Waals surface area contributed by atoms with Gasteiger partial charge in [0.05, 0.1) is 18.1 Å². The molecular formula is C18H26N6O. The summed E-state index contributed by atoms with van der Waals surface area (Å²) in [4.78, 5) is 29.7. The van der Waals surface area contributed by atoms with Gasteiger partial charge in [-0.25, -0.2) is 9.97 Å². The van der Waals surface area contributed by atoms with E-state index in [1.54, 1.807) is 10.8 Å². The third-order valence-corrected chi connectivity index (χ3v) is 4.80. The third-order valence-electron chi connectivity index (χ3n) is 4.80. The highest BCUT2D eigenvalue weighted by Crippen LogP contribution is 2.22. The van der Waals surface area contributed by atoms with E-state index in [0.717, 1.165) is 50.3 Å². The second kappa shape index (κ2) is 7.63. The number of hydrogen-bond acceptors (Lipinski definition) is 5. The molecule has 2 aromatic heterocycles. The molecule has 1 amide bonds. The molecule has 3 heterocycles. The molecule has 25 heavy (non-hydrogen) atoms. The lowest BCUT2D eigenvalue weighted by molar-refractivity contribution is 0.0744. The summed E-state index contributed by atoms with van der Waals surface area (Å²) in [5, 5.41) is 0. The monoisotopic (exact) mass is 342 g/mol. The molecule has 0 radical (unpaired) electrons. The van der Waals surface area contributed by atoms with Gasteiger partial charge in [0.2, 0.25) is 0 Å². The molecule has 1 aliphatic rings. The van der Waals surface area contributed by atoms with Crippen LogP contribution in [-0.2, 0) is 13.5 Å². The van der Waals surface area contributed by atoms with Crippen LogP contribution in [0.25, 0.3) is 0 Å². The Morgan fingerprint density at radius 3 is 2.68 bits per heavy atom. The van der Waals surface area contributed by atoms with Crippen molar-refractivity contribution in [3.63, 3.8) is 0 Å². The molecule has 0 spiro atoms. The van der Waals surface area contributed by atoms with Gasteiger partial charge in [0.25, 0.3) is 5.91 Å². The number of carbonyl (C=O) groups excluding carboxylic acids is 1. The van der Waals surface area contributed by atoms with Gasteiger partial charge in [-0.1, -0.05) is 0 Å². The summed E-state index contributed by atoms with van der Waals surface area (Å²) < 4.78 is 1.78. The van der Waals surface area contributed by atoms with Crippen molar-refractivity contribution in [3.8, 4) is 0 Å². The SMILES string of the molecule is CN(C)c1cnc(C[C@H]2CCCN(C(=O)c3nccn3C)CC2)cn1. The normalized spacial score (nSPS) is 18.0. The molecule has 0 aliphatic carbocycles. The molecule has 134 valence electrons. The number of aromatic nitrogens is 4. The summed E-state index contributed by atoms with van der Waals surface area (Å²) in [5.74, 6) is 1.96. The van der Waals surface area contributed by atoms with Crippen molar-refractivity contribution in [1.82, 2.24) is 24.4 Å². The fourth-order valence-corrected chi connectivity index (χ4v) is 3.27. The van der Waals surface area contributed by atoms with Crippen LogP contribution >= 0.6 is 0 Å². The minimum Gasteiger partial charge on any atom is -0.361 e. The van der Waals surface area contributed by atoms with Gasteiger partial charge in [-0.2, -0.15) is 0 Å². The highest BCUT2D eigenvalue weighted by Gasteiger charge is 2.24. The molecule has 7 heteroatoms. The van der Waals surface area contributed by atoms with Gasteiger partial charge in [-0.05, 0) is 31.6 Å². The molecule has 0 aromatic carbocycles. The summed E-state index contributed by atoms with van der Waals surface area (Å²) in [6, 6.07) is 0. The Morgan fingerprint density at radius 2 is 2.04 bits per heavy atom. The molecule has 1 aliphatic heterocycles. The van der Waals surface area contributed by atoms with Gasteiger partial charge in [0.15, 0.2) is 5.82 Å². The van der Waals surface area contributed by atoms with Crippen LogP contribution in [0.5, 0.6) is 0 Å². The number of nitrogens with zero attached hydrogens (tertiary/aromatic N) is 6. The topological polar surface area (TPSA) is 67.2 Å². The number of anilines is 1. The van der Waals surface area contributed by atoms with Crippen molar-refractivity contribution >= 4 is 11.7 Å². The highest BCUT2D eigenvalue weighted by molar-refractivity contribution is 5.90. The van der Waals surface area contributed by atoms with E-state index in [-0.39, 0.29) is 5.91 Å². The van der Waals surface area contributed by atoms with Gasteiger partial charge in [0, 0.05) is 46.6 Å².